The van der Waals surface area contributed by atoms with Crippen molar-refractivity contribution in [3.05, 3.63) is 64.2 Å². The van der Waals surface area contributed by atoms with Gasteiger partial charge in [0.25, 0.3) is 0 Å². The van der Waals surface area contributed by atoms with Crippen molar-refractivity contribution in [3.63, 3.8) is 0 Å². The molecule has 7 nitrogen and oxygen atoms in total. The Balaban J connectivity index is 2.51. The number of hydrogen-bond acceptors (Lipinski definition) is 4. The first kappa shape index (κ1) is 28.7. The summed E-state index contributed by atoms with van der Waals surface area (Å²) in [5.41, 5.74) is 2.37. The Labute approximate surface area is 214 Å². The van der Waals surface area contributed by atoms with Crippen LogP contribution in [0.25, 0.3) is 0 Å². The van der Waals surface area contributed by atoms with E-state index < -0.39 is 34.1 Å². The molecule has 2 aromatic rings. The van der Waals surface area contributed by atoms with E-state index in [9.17, 15) is 18.0 Å². The van der Waals surface area contributed by atoms with Crippen molar-refractivity contribution >= 4 is 39.1 Å². The van der Waals surface area contributed by atoms with Gasteiger partial charge in [0.1, 0.15) is 12.6 Å². The van der Waals surface area contributed by atoms with Crippen LogP contribution in [0, 0.1) is 13.8 Å². The molecule has 0 saturated heterocycles. The maximum Gasteiger partial charge on any atom is 0.244 e. The Morgan fingerprint density at radius 2 is 1.69 bits per heavy atom. The topological polar surface area (TPSA) is 86.8 Å². The lowest BCUT2D eigenvalue weighted by atomic mass is 10.0. The molecule has 0 saturated carbocycles. The molecule has 9 heteroatoms. The third kappa shape index (κ3) is 7.97. The summed E-state index contributed by atoms with van der Waals surface area (Å²) in [6.07, 6.45) is 1.43. The second-order valence-corrected chi connectivity index (χ2v) is 12.2. The van der Waals surface area contributed by atoms with E-state index in [1.165, 1.54) is 4.90 Å². The number of benzene rings is 2. The van der Waals surface area contributed by atoms with Crippen LogP contribution in [-0.2, 0) is 26.2 Å². The molecule has 0 heterocycles. The van der Waals surface area contributed by atoms with E-state index in [-0.39, 0.29) is 12.5 Å². The lowest BCUT2D eigenvalue weighted by Crippen LogP contribution is -2.55. The predicted molar refractivity (Wildman–Crippen MR) is 142 cm³/mol. The molecule has 0 aliphatic heterocycles. The fraction of sp³-hybridized carbons (Fsp3) is 0.462. The molecule has 0 spiro atoms. The number of sulfonamides is 1. The summed E-state index contributed by atoms with van der Waals surface area (Å²) in [6, 6.07) is 11.7. The van der Waals surface area contributed by atoms with Gasteiger partial charge in [-0.1, -0.05) is 42.8 Å². The van der Waals surface area contributed by atoms with Gasteiger partial charge in [0.2, 0.25) is 21.8 Å². The van der Waals surface area contributed by atoms with Crippen LogP contribution in [-0.4, -0.2) is 49.5 Å². The monoisotopic (exact) mass is 521 g/mol. The molecule has 1 N–H and O–H groups in total. The van der Waals surface area contributed by atoms with Crippen LogP contribution >= 0.6 is 11.6 Å². The van der Waals surface area contributed by atoms with Gasteiger partial charge in [-0.3, -0.25) is 13.9 Å². The number of hydrogen-bond donors (Lipinski definition) is 1. The number of halogens is 1. The number of carbonyl (C=O) groups excluding carboxylic acids is 2. The first-order valence-electron chi connectivity index (χ1n) is 11.5. The third-order valence-corrected chi connectivity index (χ3v) is 6.95. The minimum absolute atomic E-state index is 0.179. The molecule has 1 atom stereocenters. The summed E-state index contributed by atoms with van der Waals surface area (Å²) < 4.78 is 26.6. The highest BCUT2D eigenvalue weighted by Crippen LogP contribution is 2.26. The van der Waals surface area contributed by atoms with E-state index in [0.29, 0.717) is 22.7 Å². The Kier molecular flexibility index (Phi) is 9.36. The van der Waals surface area contributed by atoms with E-state index in [1.54, 1.807) is 25.1 Å². The van der Waals surface area contributed by atoms with Crippen LogP contribution in [0.4, 0.5) is 5.69 Å². The molecular formula is C26H36ClN3O4S. The summed E-state index contributed by atoms with van der Waals surface area (Å²) >= 11 is 6.06. The molecule has 0 fully saturated rings. The van der Waals surface area contributed by atoms with Gasteiger partial charge in [-0.15, -0.1) is 0 Å². The van der Waals surface area contributed by atoms with Gasteiger partial charge < -0.3 is 10.2 Å². The number of rotatable bonds is 9. The van der Waals surface area contributed by atoms with Gasteiger partial charge >= 0.3 is 0 Å². The molecule has 2 rings (SSSR count). The molecule has 0 aromatic heterocycles. The number of aryl methyl sites for hydroxylation is 2. The Bertz CT molecular complexity index is 1180. The minimum atomic E-state index is -3.80. The zero-order chi connectivity index (χ0) is 26.6. The number of nitrogens with one attached hydrogen (secondary N) is 1. The van der Waals surface area contributed by atoms with E-state index in [1.807, 2.05) is 58.9 Å². The third-order valence-electron chi connectivity index (χ3n) is 5.59. The van der Waals surface area contributed by atoms with Gasteiger partial charge in [0.05, 0.1) is 11.9 Å². The van der Waals surface area contributed by atoms with E-state index in [2.05, 4.69) is 5.32 Å². The molecule has 2 amide bonds. The zero-order valence-electron chi connectivity index (χ0n) is 21.6. The zero-order valence-corrected chi connectivity index (χ0v) is 23.1. The number of nitrogens with zero attached hydrogens (tertiary/aromatic N) is 2. The van der Waals surface area contributed by atoms with Gasteiger partial charge in [0, 0.05) is 17.1 Å². The highest BCUT2D eigenvalue weighted by atomic mass is 35.5. The van der Waals surface area contributed by atoms with Crippen LogP contribution in [0.15, 0.2) is 42.5 Å². The van der Waals surface area contributed by atoms with Crippen molar-refractivity contribution in [1.29, 1.82) is 0 Å². The fourth-order valence-corrected chi connectivity index (χ4v) is 4.97. The maximum absolute atomic E-state index is 13.8. The SMILES string of the molecule is CC[C@@H](C(=O)NC(C)(C)C)N(Cc1ccccc1C)C(=O)CN(c1ccc(Cl)cc1C)S(C)(=O)=O. The van der Waals surface area contributed by atoms with E-state index >= 15 is 0 Å². The molecule has 2 aromatic carbocycles. The largest absolute Gasteiger partial charge is 0.350 e. The molecule has 192 valence electrons. The van der Waals surface area contributed by atoms with Crippen molar-refractivity contribution in [2.75, 3.05) is 17.1 Å². The highest BCUT2D eigenvalue weighted by molar-refractivity contribution is 7.92. The maximum atomic E-state index is 13.8. The molecular weight excluding hydrogens is 486 g/mol. The van der Waals surface area contributed by atoms with Crippen molar-refractivity contribution in [3.8, 4) is 0 Å². The fourth-order valence-electron chi connectivity index (χ4n) is 3.84. The quantitative estimate of drug-likeness (QED) is 0.528. The van der Waals surface area contributed by atoms with Crippen molar-refractivity contribution in [2.24, 2.45) is 0 Å². The van der Waals surface area contributed by atoms with Crippen molar-refractivity contribution in [1.82, 2.24) is 10.2 Å². The molecule has 0 bridgehead atoms. The molecule has 35 heavy (non-hydrogen) atoms. The van der Waals surface area contributed by atoms with E-state index in [4.69, 9.17) is 11.6 Å². The van der Waals surface area contributed by atoms with Crippen LogP contribution in [0.2, 0.25) is 5.02 Å². The van der Waals surface area contributed by atoms with Crippen LogP contribution in [0.3, 0.4) is 0 Å². The average Bonchev–Trinajstić information content (AvgIpc) is 2.71. The van der Waals surface area contributed by atoms with Crippen molar-refractivity contribution in [2.45, 2.75) is 66.1 Å². The van der Waals surface area contributed by atoms with E-state index in [0.717, 1.165) is 21.7 Å². The molecule has 0 aliphatic carbocycles. The van der Waals surface area contributed by atoms with Crippen LogP contribution in [0.5, 0.6) is 0 Å². The summed E-state index contributed by atoms with van der Waals surface area (Å²) in [5.74, 6) is -0.751. The summed E-state index contributed by atoms with van der Waals surface area (Å²) in [4.78, 5) is 28.4. The van der Waals surface area contributed by atoms with Gasteiger partial charge in [0.15, 0.2) is 0 Å². The summed E-state index contributed by atoms with van der Waals surface area (Å²) in [6.45, 7) is 10.9. The lowest BCUT2D eigenvalue weighted by molar-refractivity contribution is -0.141. The molecule has 0 aliphatic rings. The second-order valence-electron chi connectivity index (χ2n) is 9.81. The number of anilines is 1. The van der Waals surface area contributed by atoms with Crippen LogP contribution in [0.1, 0.15) is 50.8 Å². The average molecular weight is 522 g/mol. The van der Waals surface area contributed by atoms with Gasteiger partial charge in [-0.05, 0) is 75.9 Å². The normalized spacial score (nSPS) is 12.7. The van der Waals surface area contributed by atoms with Crippen LogP contribution < -0.4 is 9.62 Å². The van der Waals surface area contributed by atoms with Gasteiger partial charge in [-0.2, -0.15) is 0 Å². The number of carbonyl (C=O) groups is 2. The summed E-state index contributed by atoms with van der Waals surface area (Å²) in [7, 11) is -3.80. The summed E-state index contributed by atoms with van der Waals surface area (Å²) in [5, 5.41) is 3.43. The lowest BCUT2D eigenvalue weighted by Gasteiger charge is -2.35. The first-order chi connectivity index (χ1) is 16.1. The molecule has 0 unspecified atom stereocenters. The minimum Gasteiger partial charge on any atom is -0.350 e. The number of amides is 2. The smallest absolute Gasteiger partial charge is 0.244 e. The molecule has 0 radical (unpaired) electrons. The first-order valence-corrected chi connectivity index (χ1v) is 13.8. The standard InChI is InChI=1S/C26H36ClN3O4S/c1-8-22(25(32)28-26(4,5)6)29(16-20-12-10-9-11-18(20)2)24(31)17-30(35(7,33)34)23-14-13-21(27)15-19(23)3/h9-15,22H,8,16-17H2,1-7H3,(H,28,32)/t22-/m0/s1. The predicted octanol–water partition coefficient (Wildman–Crippen LogP) is 4.44. The second kappa shape index (κ2) is 11.4. The Morgan fingerprint density at radius 1 is 1.06 bits per heavy atom. The highest BCUT2D eigenvalue weighted by Gasteiger charge is 2.33. The Hall–Kier alpha value is -2.58. The Morgan fingerprint density at radius 3 is 2.20 bits per heavy atom. The van der Waals surface area contributed by atoms with Crippen molar-refractivity contribution < 1.29 is 18.0 Å². The van der Waals surface area contributed by atoms with Gasteiger partial charge in [-0.25, -0.2) is 8.42 Å².